The first kappa shape index (κ1) is 27.4. The van der Waals surface area contributed by atoms with Crippen LogP contribution in [0, 0.1) is 10.1 Å². The van der Waals surface area contributed by atoms with Crippen LogP contribution < -0.4 is 9.47 Å². The van der Waals surface area contributed by atoms with Crippen LogP contribution in [0.1, 0.15) is 55.8 Å². The Morgan fingerprint density at radius 1 is 0.795 bits per heavy atom. The van der Waals surface area contributed by atoms with Crippen LogP contribution >= 0.6 is 0 Å². The summed E-state index contributed by atoms with van der Waals surface area (Å²) in [4.78, 5) is 23.3. The molecule has 200 valence electrons. The Balaban J connectivity index is 1.39. The highest BCUT2D eigenvalue weighted by Gasteiger charge is 2.13. The standard InChI is InChI=1S/C31H31N3O5/c1-2-3-4-5-6-9-22-38-26-18-12-23(13-19-26)31(35)39-30-21-20-29(27-10-7-8-11-28(27)30)33-32-24-14-16-25(17-15-24)34(36)37/h7-8,10-21H,2-6,9,22H2,1H3. The van der Waals surface area contributed by atoms with Gasteiger partial charge < -0.3 is 9.47 Å². The van der Waals surface area contributed by atoms with Crippen molar-refractivity contribution >= 4 is 33.8 Å². The monoisotopic (exact) mass is 525 g/mol. The Kier molecular flexibility index (Phi) is 9.72. The first-order valence-corrected chi connectivity index (χ1v) is 13.2. The molecule has 0 atom stereocenters. The molecule has 0 bridgehead atoms. The van der Waals surface area contributed by atoms with Gasteiger partial charge in [-0.1, -0.05) is 63.3 Å². The van der Waals surface area contributed by atoms with Gasteiger partial charge in [0.15, 0.2) is 0 Å². The number of nitro groups is 1. The van der Waals surface area contributed by atoms with Crippen LogP contribution in [0.4, 0.5) is 17.1 Å². The number of nitrogens with zero attached hydrogens (tertiary/aromatic N) is 3. The molecule has 0 amide bonds. The van der Waals surface area contributed by atoms with Gasteiger partial charge in [0.05, 0.1) is 28.5 Å². The van der Waals surface area contributed by atoms with Crippen molar-refractivity contribution in [3.63, 3.8) is 0 Å². The molecular weight excluding hydrogens is 494 g/mol. The van der Waals surface area contributed by atoms with Crippen LogP contribution in [0.3, 0.4) is 0 Å². The summed E-state index contributed by atoms with van der Waals surface area (Å²) in [6.45, 7) is 2.87. The van der Waals surface area contributed by atoms with Crippen LogP contribution in [0.5, 0.6) is 11.5 Å². The van der Waals surface area contributed by atoms with E-state index in [1.165, 1.54) is 49.9 Å². The Labute approximate surface area is 227 Å². The quantitative estimate of drug-likeness (QED) is 0.0432. The summed E-state index contributed by atoms with van der Waals surface area (Å²) in [5.74, 6) is 0.671. The van der Waals surface area contributed by atoms with Crippen molar-refractivity contribution < 1.29 is 19.2 Å². The third-order valence-electron chi connectivity index (χ3n) is 6.25. The summed E-state index contributed by atoms with van der Waals surface area (Å²) in [6, 6.07) is 23.6. The Bertz CT molecular complexity index is 1430. The second-order valence-corrected chi connectivity index (χ2v) is 9.13. The minimum atomic E-state index is -0.470. The van der Waals surface area contributed by atoms with Crippen molar-refractivity contribution in [2.24, 2.45) is 10.2 Å². The summed E-state index contributed by atoms with van der Waals surface area (Å²) in [7, 11) is 0. The van der Waals surface area contributed by atoms with Gasteiger partial charge in [-0.05, 0) is 55.0 Å². The first-order valence-electron chi connectivity index (χ1n) is 13.2. The number of azo groups is 1. The predicted octanol–water partition coefficient (Wildman–Crippen LogP) is 9.12. The number of unbranched alkanes of at least 4 members (excludes halogenated alkanes) is 5. The number of benzene rings is 4. The molecule has 4 aromatic rings. The molecule has 0 N–H and O–H groups in total. The fraction of sp³-hybridized carbons (Fsp3) is 0.258. The number of esters is 1. The van der Waals surface area contributed by atoms with E-state index >= 15 is 0 Å². The Hall–Kier alpha value is -4.59. The van der Waals surface area contributed by atoms with E-state index in [9.17, 15) is 14.9 Å². The van der Waals surface area contributed by atoms with Gasteiger partial charge in [-0.2, -0.15) is 5.11 Å². The van der Waals surface area contributed by atoms with E-state index in [1.54, 1.807) is 36.4 Å². The van der Waals surface area contributed by atoms with Crippen LogP contribution in [0.15, 0.2) is 95.2 Å². The maximum absolute atomic E-state index is 12.9. The summed E-state index contributed by atoms with van der Waals surface area (Å²) in [5, 5.41) is 20.8. The lowest BCUT2D eigenvalue weighted by Gasteiger charge is -2.10. The van der Waals surface area contributed by atoms with Gasteiger partial charge in [0.2, 0.25) is 0 Å². The molecule has 0 aliphatic rings. The number of carbonyl (C=O) groups excluding carboxylic acids is 1. The number of non-ortho nitro benzene ring substituents is 1. The lowest BCUT2D eigenvalue weighted by atomic mass is 10.1. The molecule has 4 rings (SSSR count). The first-order chi connectivity index (χ1) is 19.0. The molecular formula is C31H31N3O5. The molecule has 8 nitrogen and oxygen atoms in total. The molecule has 0 saturated heterocycles. The number of carbonyl (C=O) groups is 1. The normalized spacial score (nSPS) is 11.1. The number of fused-ring (bicyclic) bond motifs is 1. The third kappa shape index (κ3) is 7.70. The van der Waals surface area contributed by atoms with Crippen LogP contribution in [-0.4, -0.2) is 17.5 Å². The Morgan fingerprint density at radius 3 is 2.21 bits per heavy atom. The van der Waals surface area contributed by atoms with Gasteiger partial charge in [0.1, 0.15) is 11.5 Å². The molecule has 39 heavy (non-hydrogen) atoms. The zero-order chi connectivity index (χ0) is 27.5. The van der Waals surface area contributed by atoms with Crippen molar-refractivity contribution in [2.75, 3.05) is 6.61 Å². The van der Waals surface area contributed by atoms with Gasteiger partial charge in [0.25, 0.3) is 5.69 Å². The highest BCUT2D eigenvalue weighted by molar-refractivity contribution is 5.99. The van der Waals surface area contributed by atoms with Gasteiger partial charge in [-0.3, -0.25) is 10.1 Å². The number of rotatable bonds is 13. The molecule has 0 aliphatic carbocycles. The van der Waals surface area contributed by atoms with Gasteiger partial charge in [0, 0.05) is 22.9 Å². The maximum Gasteiger partial charge on any atom is 0.343 e. The predicted molar refractivity (Wildman–Crippen MR) is 151 cm³/mol. The highest BCUT2D eigenvalue weighted by Crippen LogP contribution is 2.34. The minimum Gasteiger partial charge on any atom is -0.494 e. The molecule has 0 unspecified atom stereocenters. The second-order valence-electron chi connectivity index (χ2n) is 9.13. The number of ether oxygens (including phenoxy) is 2. The van der Waals surface area contributed by atoms with Crippen molar-refractivity contribution in [3.05, 3.63) is 101 Å². The smallest absolute Gasteiger partial charge is 0.343 e. The SMILES string of the molecule is CCCCCCCCOc1ccc(C(=O)Oc2ccc(N=Nc3ccc([N+](=O)[O-])cc3)c3ccccc23)cc1. The van der Waals surface area contributed by atoms with Crippen LogP contribution in [0.2, 0.25) is 0 Å². The van der Waals surface area contributed by atoms with Crippen LogP contribution in [0.25, 0.3) is 10.8 Å². The number of hydrogen-bond acceptors (Lipinski definition) is 7. The van der Waals surface area contributed by atoms with E-state index in [-0.39, 0.29) is 5.69 Å². The lowest BCUT2D eigenvalue weighted by molar-refractivity contribution is -0.384. The van der Waals surface area contributed by atoms with Crippen molar-refractivity contribution in [2.45, 2.75) is 45.4 Å². The largest absolute Gasteiger partial charge is 0.494 e. The summed E-state index contributed by atoms with van der Waals surface area (Å²) >= 11 is 0. The van der Waals surface area contributed by atoms with E-state index in [0.717, 1.165) is 24.0 Å². The average Bonchev–Trinajstić information content (AvgIpc) is 2.96. The Morgan fingerprint density at radius 2 is 1.49 bits per heavy atom. The molecule has 0 saturated carbocycles. The zero-order valence-electron chi connectivity index (χ0n) is 21.9. The highest BCUT2D eigenvalue weighted by atomic mass is 16.6. The van der Waals surface area contributed by atoms with Crippen molar-refractivity contribution in [1.29, 1.82) is 0 Å². The van der Waals surface area contributed by atoms with E-state index < -0.39 is 10.9 Å². The molecule has 8 heteroatoms. The van der Waals surface area contributed by atoms with Crippen LogP contribution in [-0.2, 0) is 0 Å². The fourth-order valence-corrected chi connectivity index (χ4v) is 4.10. The van der Waals surface area contributed by atoms with Crippen molar-refractivity contribution in [1.82, 2.24) is 0 Å². The molecule has 0 aromatic heterocycles. The third-order valence-corrected chi connectivity index (χ3v) is 6.25. The number of nitro benzene ring substituents is 1. The molecule has 0 spiro atoms. The molecule has 4 aromatic carbocycles. The zero-order valence-corrected chi connectivity index (χ0v) is 21.9. The lowest BCUT2D eigenvalue weighted by Crippen LogP contribution is -2.08. The maximum atomic E-state index is 12.9. The van der Waals surface area contributed by atoms with E-state index in [1.807, 2.05) is 24.3 Å². The summed E-state index contributed by atoms with van der Waals surface area (Å²) in [6.07, 6.45) is 7.22. The van der Waals surface area contributed by atoms with E-state index in [2.05, 4.69) is 17.2 Å². The average molecular weight is 526 g/mol. The van der Waals surface area contributed by atoms with E-state index in [0.29, 0.717) is 34.7 Å². The van der Waals surface area contributed by atoms with Gasteiger partial charge in [-0.25, -0.2) is 4.79 Å². The fourth-order valence-electron chi connectivity index (χ4n) is 4.10. The second kappa shape index (κ2) is 13.8. The summed E-state index contributed by atoms with van der Waals surface area (Å²) < 4.78 is 11.5. The van der Waals surface area contributed by atoms with Gasteiger partial charge in [-0.15, -0.1) is 5.11 Å². The minimum absolute atomic E-state index is 0.0131. The molecule has 0 aliphatic heterocycles. The number of hydrogen-bond donors (Lipinski definition) is 0. The topological polar surface area (TPSA) is 103 Å². The van der Waals surface area contributed by atoms with E-state index in [4.69, 9.17) is 9.47 Å². The molecule has 0 fully saturated rings. The van der Waals surface area contributed by atoms with Gasteiger partial charge >= 0.3 is 5.97 Å². The molecule has 0 radical (unpaired) electrons. The summed E-state index contributed by atoms with van der Waals surface area (Å²) in [5.41, 5.74) is 1.48. The van der Waals surface area contributed by atoms with Crippen molar-refractivity contribution in [3.8, 4) is 11.5 Å². The molecule has 0 heterocycles.